The van der Waals surface area contributed by atoms with Crippen molar-refractivity contribution in [2.45, 2.75) is 24.9 Å². The van der Waals surface area contributed by atoms with Crippen LogP contribution in [0, 0.1) is 0 Å². The molecule has 9 heteroatoms. The molecule has 0 aromatic heterocycles. The molecule has 0 fully saturated rings. The first-order valence-electron chi connectivity index (χ1n) is 4.07. The second-order valence-corrected chi connectivity index (χ2v) is 2.88. The number of rotatable bonds is 4. The molecule has 17 heavy (non-hydrogen) atoms. The van der Waals surface area contributed by atoms with Crippen LogP contribution in [-0.4, -0.2) is 30.6 Å². The van der Waals surface area contributed by atoms with Gasteiger partial charge in [-0.1, -0.05) is 6.08 Å². The molecule has 0 atom stereocenters. The third-order valence-electron chi connectivity index (χ3n) is 1.51. The van der Waals surface area contributed by atoms with E-state index in [9.17, 15) is 35.5 Å². The largest absolute Gasteiger partial charge is 0.460 e. The fourth-order valence-electron chi connectivity index (χ4n) is 0.644. The van der Waals surface area contributed by atoms with E-state index < -0.39 is 30.6 Å². The fraction of sp³-hybridized carbons (Fsp3) is 0.625. The first kappa shape index (κ1) is 15.7. The second kappa shape index (κ2) is 4.92. The molecule has 0 aliphatic heterocycles. The highest BCUT2D eigenvalue weighted by molar-refractivity contribution is 5.81. The van der Waals surface area contributed by atoms with Crippen LogP contribution in [0.1, 0.15) is 6.92 Å². The zero-order chi connectivity index (χ0) is 13.9. The number of carbonyl (C=O) groups excluding carboxylic acids is 1. The summed E-state index contributed by atoms with van der Waals surface area (Å²) in [6, 6.07) is 0. The van der Waals surface area contributed by atoms with Crippen molar-refractivity contribution in [2.24, 2.45) is 0 Å². The van der Waals surface area contributed by atoms with E-state index in [2.05, 4.69) is 4.74 Å². The van der Waals surface area contributed by atoms with Crippen LogP contribution in [0.3, 0.4) is 0 Å². The Morgan fingerprint density at radius 3 is 1.94 bits per heavy atom. The van der Waals surface area contributed by atoms with Crippen molar-refractivity contribution >= 4 is 5.97 Å². The van der Waals surface area contributed by atoms with Crippen molar-refractivity contribution in [2.75, 3.05) is 6.61 Å². The Labute approximate surface area is 91.0 Å². The lowest BCUT2D eigenvalue weighted by Crippen LogP contribution is -2.54. The van der Waals surface area contributed by atoms with E-state index in [1.165, 1.54) is 6.92 Å². The summed E-state index contributed by atoms with van der Waals surface area (Å²) in [7, 11) is 0. The summed E-state index contributed by atoms with van der Waals surface area (Å²) in [4.78, 5) is 10.5. The van der Waals surface area contributed by atoms with Crippen molar-refractivity contribution in [3.63, 3.8) is 0 Å². The van der Waals surface area contributed by atoms with Crippen LogP contribution in [0.5, 0.6) is 0 Å². The molecule has 0 aliphatic carbocycles. The maximum Gasteiger partial charge on any atom is 0.460 e. The number of allylic oxidation sites excluding steroid dienone is 1. The van der Waals surface area contributed by atoms with Crippen molar-refractivity contribution in [1.29, 1.82) is 0 Å². The molecule has 0 amide bonds. The molecule has 0 saturated carbocycles. The molecule has 0 N–H and O–H groups in total. The van der Waals surface area contributed by atoms with E-state index in [4.69, 9.17) is 0 Å². The molecule has 2 nitrogen and oxygen atoms in total. The Hall–Kier alpha value is -1.28. The summed E-state index contributed by atoms with van der Waals surface area (Å²) >= 11 is 0. The number of ether oxygens (including phenoxy) is 1. The summed E-state index contributed by atoms with van der Waals surface area (Å²) < 4.78 is 88.0. The standard InChI is InChI=1S/C8H7F7O2/c1-2-3-5(16)17-4-6(9,10)7(11,12)8(13,14)15/h2-3H,4H2,1H3. The van der Waals surface area contributed by atoms with Gasteiger partial charge < -0.3 is 4.74 Å². The highest BCUT2D eigenvalue weighted by atomic mass is 19.4. The van der Waals surface area contributed by atoms with Gasteiger partial charge in [-0.2, -0.15) is 30.7 Å². The quantitative estimate of drug-likeness (QED) is 0.445. The Morgan fingerprint density at radius 1 is 1.12 bits per heavy atom. The third kappa shape index (κ3) is 3.60. The number of halogens is 7. The van der Waals surface area contributed by atoms with Crippen LogP contribution in [0.15, 0.2) is 12.2 Å². The van der Waals surface area contributed by atoms with Gasteiger partial charge in [-0.3, -0.25) is 0 Å². The number of hydrogen-bond acceptors (Lipinski definition) is 2. The van der Waals surface area contributed by atoms with Crippen LogP contribution in [0.2, 0.25) is 0 Å². The Bertz CT molecular complexity index is 305. The van der Waals surface area contributed by atoms with Crippen LogP contribution in [-0.2, 0) is 9.53 Å². The molecule has 0 radical (unpaired) electrons. The lowest BCUT2D eigenvalue weighted by atomic mass is 10.2. The lowest BCUT2D eigenvalue weighted by molar-refractivity contribution is -0.359. The number of alkyl halides is 7. The molecule has 0 rings (SSSR count). The summed E-state index contributed by atoms with van der Waals surface area (Å²) in [6.45, 7) is -1.06. The van der Waals surface area contributed by atoms with E-state index in [0.29, 0.717) is 6.08 Å². The molecular formula is C8H7F7O2. The van der Waals surface area contributed by atoms with Gasteiger partial charge in [0, 0.05) is 6.08 Å². The summed E-state index contributed by atoms with van der Waals surface area (Å²) in [6.07, 6.45) is -4.78. The van der Waals surface area contributed by atoms with E-state index >= 15 is 0 Å². The fourth-order valence-corrected chi connectivity index (χ4v) is 0.644. The molecule has 0 bridgehead atoms. The minimum atomic E-state index is -6.43. The highest BCUT2D eigenvalue weighted by Gasteiger charge is 2.73. The molecule has 0 aliphatic rings. The van der Waals surface area contributed by atoms with Crippen molar-refractivity contribution in [3.8, 4) is 0 Å². The normalized spacial score (nSPS) is 14.1. The van der Waals surface area contributed by atoms with Crippen LogP contribution in [0.25, 0.3) is 0 Å². The SMILES string of the molecule is CC=CC(=O)OCC(F)(F)C(F)(F)C(F)(F)F. The predicted molar refractivity (Wildman–Crippen MR) is 41.7 cm³/mol. The maximum atomic E-state index is 12.5. The second-order valence-electron chi connectivity index (χ2n) is 2.88. The molecule has 0 spiro atoms. The molecule has 0 aromatic carbocycles. The lowest BCUT2D eigenvalue weighted by Gasteiger charge is -2.27. The first-order chi connectivity index (χ1) is 7.45. The van der Waals surface area contributed by atoms with Gasteiger partial charge >= 0.3 is 24.0 Å². The number of esters is 1. The molecule has 100 valence electrons. The Balaban J connectivity index is 4.74. The van der Waals surface area contributed by atoms with Crippen molar-refractivity contribution in [3.05, 3.63) is 12.2 Å². The van der Waals surface area contributed by atoms with E-state index in [1.54, 1.807) is 0 Å². The number of carbonyl (C=O) groups is 1. The topological polar surface area (TPSA) is 26.3 Å². The van der Waals surface area contributed by atoms with Crippen LogP contribution < -0.4 is 0 Å². The minimum absolute atomic E-state index is 0.599. The van der Waals surface area contributed by atoms with Crippen molar-refractivity contribution in [1.82, 2.24) is 0 Å². The van der Waals surface area contributed by atoms with Crippen LogP contribution in [0.4, 0.5) is 30.7 Å². The smallest absolute Gasteiger partial charge is 0.456 e. The predicted octanol–water partition coefficient (Wildman–Crippen LogP) is 2.94. The molecule has 0 heterocycles. The molecule has 0 aromatic rings. The Morgan fingerprint density at radius 2 is 1.59 bits per heavy atom. The Kier molecular flexibility index (Phi) is 4.55. The van der Waals surface area contributed by atoms with Gasteiger partial charge in [0.15, 0.2) is 6.61 Å². The van der Waals surface area contributed by atoms with E-state index in [1.807, 2.05) is 0 Å². The first-order valence-corrected chi connectivity index (χ1v) is 4.07. The third-order valence-corrected chi connectivity index (χ3v) is 1.51. The van der Waals surface area contributed by atoms with Gasteiger partial charge in [-0.05, 0) is 6.92 Å². The zero-order valence-corrected chi connectivity index (χ0v) is 8.32. The summed E-state index contributed by atoms with van der Waals surface area (Å²) in [5, 5.41) is 0. The van der Waals surface area contributed by atoms with Gasteiger partial charge in [0.25, 0.3) is 0 Å². The van der Waals surface area contributed by atoms with Gasteiger partial charge in [-0.25, -0.2) is 4.79 Å². The summed E-state index contributed by atoms with van der Waals surface area (Å²) in [5.74, 6) is -13.2. The zero-order valence-electron chi connectivity index (χ0n) is 8.32. The molecular weight excluding hydrogens is 261 g/mol. The maximum absolute atomic E-state index is 12.5. The van der Waals surface area contributed by atoms with Crippen molar-refractivity contribution < 1.29 is 40.3 Å². The number of hydrogen-bond donors (Lipinski definition) is 0. The van der Waals surface area contributed by atoms with E-state index in [-0.39, 0.29) is 0 Å². The minimum Gasteiger partial charge on any atom is -0.456 e. The average molecular weight is 268 g/mol. The summed E-state index contributed by atoms with van der Waals surface area (Å²) in [5.41, 5.74) is 0. The monoisotopic (exact) mass is 268 g/mol. The van der Waals surface area contributed by atoms with Gasteiger partial charge in [-0.15, -0.1) is 0 Å². The van der Waals surface area contributed by atoms with Gasteiger partial charge in [0.2, 0.25) is 0 Å². The van der Waals surface area contributed by atoms with Crippen LogP contribution >= 0.6 is 0 Å². The van der Waals surface area contributed by atoms with E-state index in [0.717, 1.165) is 6.08 Å². The van der Waals surface area contributed by atoms with Gasteiger partial charge in [0.1, 0.15) is 0 Å². The van der Waals surface area contributed by atoms with Gasteiger partial charge in [0.05, 0.1) is 0 Å². The molecule has 0 unspecified atom stereocenters. The highest BCUT2D eigenvalue weighted by Crippen LogP contribution is 2.46. The molecule has 0 saturated heterocycles. The average Bonchev–Trinajstić information content (AvgIpc) is 2.13.